The molecule has 0 spiro atoms. The molecule has 224 valence electrons. The summed E-state index contributed by atoms with van der Waals surface area (Å²) in [6.07, 6.45) is -10.1. The van der Waals surface area contributed by atoms with Gasteiger partial charge >= 0.3 is 23.9 Å². The normalized spacial score (nSPS) is 34.6. The van der Waals surface area contributed by atoms with Crippen molar-refractivity contribution in [1.82, 2.24) is 0 Å². The van der Waals surface area contributed by atoms with Gasteiger partial charge < -0.3 is 43.4 Å². The first-order chi connectivity index (χ1) is 18.4. The van der Waals surface area contributed by atoms with Gasteiger partial charge in [-0.25, -0.2) is 0 Å². The first kappa shape index (κ1) is 32.9. The molecule has 0 radical (unpaired) electrons. The van der Waals surface area contributed by atoms with Crippen molar-refractivity contribution in [2.75, 3.05) is 0 Å². The smallest absolute Gasteiger partial charge is 0.306 e. The van der Waals surface area contributed by atoms with Gasteiger partial charge in [0.15, 0.2) is 37.0 Å². The Morgan fingerprint density at radius 1 is 0.667 bits per heavy atom. The van der Waals surface area contributed by atoms with E-state index in [9.17, 15) is 29.4 Å². The lowest BCUT2D eigenvalue weighted by molar-refractivity contribution is -0.351. The lowest BCUT2D eigenvalue weighted by atomic mass is 9.96. The third-order valence-corrected chi connectivity index (χ3v) is 6.37. The largest absolute Gasteiger partial charge is 0.457 e. The highest BCUT2D eigenvalue weighted by molar-refractivity contribution is 5.70. The minimum Gasteiger partial charge on any atom is -0.457 e. The topological polar surface area (TPSA) is 173 Å². The van der Waals surface area contributed by atoms with Gasteiger partial charge in [-0.15, -0.1) is 0 Å². The van der Waals surface area contributed by atoms with Crippen molar-refractivity contribution < 1.29 is 62.5 Å². The number of aliphatic hydroxyl groups excluding tert-OH is 2. The number of aliphatic hydroxyl groups is 2. The molecule has 0 aliphatic carbocycles. The van der Waals surface area contributed by atoms with Crippen LogP contribution in [0.5, 0.6) is 0 Å². The fourth-order valence-electron chi connectivity index (χ4n) is 4.51. The molecule has 2 N–H and O–H groups in total. The highest BCUT2D eigenvalue weighted by Crippen LogP contribution is 2.33. The Bertz CT molecular complexity index is 833. The van der Waals surface area contributed by atoms with Crippen molar-refractivity contribution in [3.05, 3.63) is 0 Å². The van der Waals surface area contributed by atoms with Crippen LogP contribution < -0.4 is 0 Å². The molecule has 2 rings (SSSR count). The third-order valence-electron chi connectivity index (χ3n) is 6.37. The lowest BCUT2D eigenvalue weighted by Gasteiger charge is -2.47. The van der Waals surface area contributed by atoms with Gasteiger partial charge in [-0.2, -0.15) is 0 Å². The van der Waals surface area contributed by atoms with Crippen LogP contribution in [0.15, 0.2) is 0 Å². The number of hydrogen-bond acceptors (Lipinski definition) is 13. The van der Waals surface area contributed by atoms with Gasteiger partial charge in [0.05, 0.1) is 12.2 Å². The van der Waals surface area contributed by atoms with E-state index in [1.54, 1.807) is 6.92 Å². The van der Waals surface area contributed by atoms with Crippen molar-refractivity contribution in [2.24, 2.45) is 0 Å². The molecule has 2 aliphatic heterocycles. The van der Waals surface area contributed by atoms with Gasteiger partial charge in [0.25, 0.3) is 0 Å². The minimum absolute atomic E-state index is 0.0509. The Hall–Kier alpha value is -2.32. The summed E-state index contributed by atoms with van der Waals surface area (Å²) in [5, 5.41) is 21.0. The van der Waals surface area contributed by atoms with Crippen LogP contribution in [0.1, 0.15) is 80.1 Å². The molecule has 0 bridgehead atoms. The van der Waals surface area contributed by atoms with Crippen molar-refractivity contribution >= 4 is 23.9 Å². The number of unbranched alkanes of at least 4 members (excludes halogenated alkanes) is 2. The molecule has 2 aliphatic rings. The summed E-state index contributed by atoms with van der Waals surface area (Å²) in [6.45, 7) is 9.13. The van der Waals surface area contributed by atoms with Crippen LogP contribution in [0.2, 0.25) is 0 Å². The molecule has 39 heavy (non-hydrogen) atoms. The zero-order chi connectivity index (χ0) is 29.3. The van der Waals surface area contributed by atoms with Crippen LogP contribution in [-0.4, -0.2) is 95.5 Å². The molecule has 0 saturated carbocycles. The molecule has 0 unspecified atom stereocenters. The van der Waals surface area contributed by atoms with E-state index in [1.165, 1.54) is 20.8 Å². The second-order valence-corrected chi connectivity index (χ2v) is 9.80. The van der Waals surface area contributed by atoms with Crippen LogP contribution in [0.25, 0.3) is 0 Å². The van der Waals surface area contributed by atoms with E-state index < -0.39 is 85.3 Å². The number of esters is 4. The molecule has 2 heterocycles. The van der Waals surface area contributed by atoms with E-state index in [0.717, 1.165) is 19.8 Å². The van der Waals surface area contributed by atoms with Crippen molar-refractivity contribution in [3.8, 4) is 0 Å². The Kier molecular flexibility index (Phi) is 13.0. The third kappa shape index (κ3) is 9.38. The molecule has 13 nitrogen and oxygen atoms in total. The summed E-state index contributed by atoms with van der Waals surface area (Å²) in [5.74, 6) is -2.62. The maximum atomic E-state index is 12.5. The summed E-state index contributed by atoms with van der Waals surface area (Å²) in [7, 11) is 0. The minimum atomic E-state index is -1.68. The summed E-state index contributed by atoms with van der Waals surface area (Å²) >= 11 is 0. The van der Waals surface area contributed by atoms with E-state index in [1.807, 2.05) is 6.92 Å². The average molecular weight is 563 g/mol. The van der Waals surface area contributed by atoms with Gasteiger partial charge in [-0.3, -0.25) is 19.2 Å². The van der Waals surface area contributed by atoms with Crippen LogP contribution in [0, 0.1) is 0 Å². The fourth-order valence-corrected chi connectivity index (χ4v) is 4.51. The molecule has 0 aromatic rings. The molecular weight excluding hydrogens is 520 g/mol. The van der Waals surface area contributed by atoms with E-state index in [0.29, 0.717) is 12.8 Å². The van der Waals surface area contributed by atoms with E-state index in [2.05, 4.69) is 0 Å². The van der Waals surface area contributed by atoms with Crippen molar-refractivity contribution in [1.29, 1.82) is 0 Å². The van der Waals surface area contributed by atoms with Gasteiger partial charge in [0.1, 0.15) is 12.2 Å². The number of carbonyl (C=O) groups is 4. The summed E-state index contributed by atoms with van der Waals surface area (Å²) in [4.78, 5) is 48.9. The summed E-state index contributed by atoms with van der Waals surface area (Å²) in [5.41, 5.74) is 0. The van der Waals surface area contributed by atoms with Crippen molar-refractivity contribution in [2.45, 2.75) is 141 Å². The van der Waals surface area contributed by atoms with Gasteiger partial charge in [0, 0.05) is 26.7 Å². The molecule has 0 aromatic carbocycles. The molecule has 0 aromatic heterocycles. The Labute approximate surface area is 228 Å². The van der Waals surface area contributed by atoms with Gasteiger partial charge in [-0.05, 0) is 26.7 Å². The first-order valence-electron chi connectivity index (χ1n) is 13.4. The molecular formula is C26H42O13. The molecule has 10 atom stereocenters. The lowest BCUT2D eigenvalue weighted by Crippen LogP contribution is -2.65. The maximum Gasteiger partial charge on any atom is 0.306 e. The van der Waals surface area contributed by atoms with E-state index >= 15 is 0 Å². The molecule has 2 saturated heterocycles. The Balaban J connectivity index is 2.39. The highest BCUT2D eigenvalue weighted by atomic mass is 16.7. The molecule has 2 fully saturated rings. The second kappa shape index (κ2) is 15.5. The number of ether oxygens (including phenoxy) is 7. The SMILES string of the molecule is CCCCCC(=O)O[C@@H]1[C@@H](O[C@@H]2O[C@@H](C)[C@H](OC(C)=O)[C@@H](OC(=O)CCC)[C@H]2OC(C)=O)[C@@H](O)[C@H](O)O[C@H]1C. The highest BCUT2D eigenvalue weighted by Gasteiger charge is 2.54. The quantitative estimate of drug-likeness (QED) is 0.198. The Morgan fingerprint density at radius 2 is 1.21 bits per heavy atom. The average Bonchev–Trinajstić information content (AvgIpc) is 2.84. The number of carbonyl (C=O) groups excluding carboxylic acids is 4. The number of rotatable bonds is 12. The summed E-state index contributed by atoms with van der Waals surface area (Å²) < 4.78 is 39.2. The summed E-state index contributed by atoms with van der Waals surface area (Å²) in [6, 6.07) is 0. The predicted octanol–water partition coefficient (Wildman–Crippen LogP) is 1.28. The van der Waals surface area contributed by atoms with Crippen LogP contribution in [0.4, 0.5) is 0 Å². The van der Waals surface area contributed by atoms with Crippen LogP contribution in [0.3, 0.4) is 0 Å². The predicted molar refractivity (Wildman–Crippen MR) is 132 cm³/mol. The van der Waals surface area contributed by atoms with Crippen LogP contribution >= 0.6 is 0 Å². The molecule has 13 heteroatoms. The van der Waals surface area contributed by atoms with E-state index in [4.69, 9.17) is 33.2 Å². The van der Waals surface area contributed by atoms with E-state index in [-0.39, 0.29) is 12.8 Å². The second-order valence-electron chi connectivity index (χ2n) is 9.80. The Morgan fingerprint density at radius 3 is 1.79 bits per heavy atom. The maximum absolute atomic E-state index is 12.5. The fraction of sp³-hybridized carbons (Fsp3) is 0.846. The monoisotopic (exact) mass is 562 g/mol. The zero-order valence-electron chi connectivity index (χ0n) is 23.4. The van der Waals surface area contributed by atoms with Crippen molar-refractivity contribution in [3.63, 3.8) is 0 Å². The first-order valence-corrected chi connectivity index (χ1v) is 13.4. The zero-order valence-corrected chi connectivity index (χ0v) is 23.4. The van der Waals surface area contributed by atoms with Gasteiger partial charge in [-0.1, -0.05) is 26.7 Å². The number of hydrogen-bond donors (Lipinski definition) is 2. The molecule has 0 amide bonds. The standard InChI is InChI=1S/C26H42O13/c1-7-9-10-12-18(30)37-20-13(3)33-25(32)19(31)22(20)39-26-24(36-16(6)28)23(38-17(29)11-8-2)21(14(4)34-26)35-15(5)27/h13-14,19-26,31-32H,7-12H2,1-6H3/t13-,14-,19+,20-,21-,22-,23+,24+,25+,26-/m0/s1. The van der Waals surface area contributed by atoms with Gasteiger partial charge in [0.2, 0.25) is 0 Å². The van der Waals surface area contributed by atoms with Crippen LogP contribution in [-0.2, 0) is 52.3 Å².